The van der Waals surface area contributed by atoms with Crippen LogP contribution in [0.2, 0.25) is 0 Å². The van der Waals surface area contributed by atoms with Crippen LogP contribution in [0.5, 0.6) is 0 Å². The van der Waals surface area contributed by atoms with E-state index in [0.29, 0.717) is 23.5 Å². The summed E-state index contributed by atoms with van der Waals surface area (Å²) >= 11 is 5.20. The molecule has 2 aromatic rings. The molecule has 0 atom stereocenters. The van der Waals surface area contributed by atoms with Crippen LogP contribution >= 0.6 is 12.2 Å². The molecule has 0 radical (unpaired) electrons. The van der Waals surface area contributed by atoms with Gasteiger partial charge in [0.05, 0.1) is 17.1 Å². The van der Waals surface area contributed by atoms with Crippen molar-refractivity contribution in [3.05, 3.63) is 63.7 Å². The molecule has 0 spiro atoms. The van der Waals surface area contributed by atoms with Gasteiger partial charge >= 0.3 is 5.97 Å². The van der Waals surface area contributed by atoms with Gasteiger partial charge < -0.3 is 15.0 Å². The molecule has 1 aliphatic rings. The predicted molar refractivity (Wildman–Crippen MR) is 134 cm³/mol. The molecule has 34 heavy (non-hydrogen) atoms. The first kappa shape index (κ1) is 25.1. The molecule has 2 aromatic carbocycles. The average molecular weight is 485 g/mol. The number of anilines is 2. The highest BCUT2D eigenvalue weighted by molar-refractivity contribution is 7.80. The lowest BCUT2D eigenvalue weighted by atomic mass is 10.1. The van der Waals surface area contributed by atoms with Crippen molar-refractivity contribution in [1.29, 1.82) is 0 Å². The van der Waals surface area contributed by atoms with Crippen molar-refractivity contribution in [2.45, 2.75) is 39.0 Å². The minimum atomic E-state index is -0.554. The van der Waals surface area contributed by atoms with Gasteiger partial charge in [0.15, 0.2) is 5.11 Å². The Labute approximate surface area is 203 Å². The molecule has 1 amide bonds. The lowest BCUT2D eigenvalue weighted by molar-refractivity contribution is -0.384. The first-order valence-corrected chi connectivity index (χ1v) is 11.7. The maximum Gasteiger partial charge on any atom is 0.338 e. The number of hydrogen-bond acceptors (Lipinski definition) is 7. The topological polar surface area (TPSA) is 114 Å². The lowest BCUT2D eigenvalue weighted by Gasteiger charge is -2.28. The molecule has 1 saturated heterocycles. The van der Waals surface area contributed by atoms with E-state index in [2.05, 4.69) is 10.6 Å². The fourth-order valence-corrected chi connectivity index (χ4v) is 3.84. The van der Waals surface area contributed by atoms with Gasteiger partial charge in [0.2, 0.25) is 0 Å². The Bertz CT molecular complexity index is 1050. The van der Waals surface area contributed by atoms with Crippen molar-refractivity contribution in [1.82, 2.24) is 5.32 Å². The number of carbonyl (C=O) groups excluding carboxylic acids is 2. The zero-order valence-electron chi connectivity index (χ0n) is 19.0. The largest absolute Gasteiger partial charge is 0.462 e. The van der Waals surface area contributed by atoms with Crippen LogP contribution in [-0.4, -0.2) is 41.6 Å². The van der Waals surface area contributed by atoms with Gasteiger partial charge in [0.1, 0.15) is 5.69 Å². The maximum atomic E-state index is 12.6. The van der Waals surface area contributed by atoms with Crippen LogP contribution in [0.15, 0.2) is 42.5 Å². The Kier molecular flexibility index (Phi) is 8.92. The SMILES string of the molecule is CCCCOC(=O)c1ccc(NC(=S)NC(=O)c2ccc(N3CCCCC3)c([N+](=O)[O-])c2)cc1. The first-order valence-electron chi connectivity index (χ1n) is 11.3. The third-order valence-corrected chi connectivity index (χ3v) is 5.67. The molecule has 9 nitrogen and oxygen atoms in total. The fraction of sp³-hybridized carbons (Fsp3) is 0.375. The number of carbonyl (C=O) groups is 2. The lowest BCUT2D eigenvalue weighted by Crippen LogP contribution is -2.34. The van der Waals surface area contributed by atoms with E-state index >= 15 is 0 Å². The Morgan fingerprint density at radius 2 is 1.76 bits per heavy atom. The van der Waals surface area contributed by atoms with Crippen LogP contribution in [0.3, 0.4) is 0 Å². The van der Waals surface area contributed by atoms with Gasteiger partial charge in [-0.2, -0.15) is 0 Å². The van der Waals surface area contributed by atoms with E-state index < -0.39 is 16.8 Å². The minimum Gasteiger partial charge on any atom is -0.462 e. The van der Waals surface area contributed by atoms with Crippen molar-refractivity contribution in [2.75, 3.05) is 29.9 Å². The van der Waals surface area contributed by atoms with Gasteiger partial charge in [0, 0.05) is 30.4 Å². The van der Waals surface area contributed by atoms with Crippen molar-refractivity contribution in [3.63, 3.8) is 0 Å². The number of amides is 1. The molecule has 10 heteroatoms. The number of esters is 1. The summed E-state index contributed by atoms with van der Waals surface area (Å²) in [5.41, 5.74) is 1.55. The number of benzene rings is 2. The minimum absolute atomic E-state index is 0.0334. The normalized spacial score (nSPS) is 13.1. The highest BCUT2D eigenvalue weighted by atomic mass is 32.1. The van der Waals surface area contributed by atoms with Crippen molar-refractivity contribution in [3.8, 4) is 0 Å². The number of unbranched alkanes of at least 4 members (excludes halogenated alkanes) is 1. The van der Waals surface area contributed by atoms with Crippen molar-refractivity contribution >= 4 is 46.3 Å². The second-order valence-corrected chi connectivity index (χ2v) is 8.39. The maximum absolute atomic E-state index is 12.6. The third kappa shape index (κ3) is 6.74. The monoisotopic (exact) mass is 484 g/mol. The number of nitro groups is 1. The Hall–Kier alpha value is -3.53. The molecule has 3 rings (SSSR count). The van der Waals surface area contributed by atoms with E-state index in [-0.39, 0.29) is 16.4 Å². The van der Waals surface area contributed by atoms with Gasteiger partial charge in [-0.05, 0) is 74.3 Å². The molecular formula is C24H28N4O5S. The van der Waals surface area contributed by atoms with Gasteiger partial charge in [-0.25, -0.2) is 4.79 Å². The zero-order chi connectivity index (χ0) is 24.5. The Morgan fingerprint density at radius 3 is 2.41 bits per heavy atom. The van der Waals surface area contributed by atoms with Crippen LogP contribution in [0.4, 0.5) is 17.1 Å². The van der Waals surface area contributed by atoms with Gasteiger partial charge in [-0.3, -0.25) is 20.2 Å². The average Bonchev–Trinajstić information content (AvgIpc) is 2.84. The number of nitrogens with one attached hydrogen (secondary N) is 2. The summed E-state index contributed by atoms with van der Waals surface area (Å²) in [6.07, 6.45) is 4.83. The summed E-state index contributed by atoms with van der Waals surface area (Å²) in [4.78, 5) is 37.8. The molecule has 0 aromatic heterocycles. The predicted octanol–water partition coefficient (Wildman–Crippen LogP) is 4.67. The van der Waals surface area contributed by atoms with E-state index in [1.165, 1.54) is 6.07 Å². The number of nitro benzene ring substituents is 1. The summed E-state index contributed by atoms with van der Waals surface area (Å²) in [6, 6.07) is 11.0. The first-order chi connectivity index (χ1) is 16.4. The molecule has 1 fully saturated rings. The van der Waals surface area contributed by atoms with E-state index in [9.17, 15) is 19.7 Å². The van der Waals surface area contributed by atoms with E-state index in [4.69, 9.17) is 17.0 Å². The number of ether oxygens (including phenoxy) is 1. The van der Waals surface area contributed by atoms with Gasteiger partial charge in [0.25, 0.3) is 11.6 Å². The molecule has 0 bridgehead atoms. The molecule has 0 unspecified atom stereocenters. The van der Waals surface area contributed by atoms with E-state index in [1.807, 2.05) is 11.8 Å². The molecule has 1 heterocycles. The molecular weight excluding hydrogens is 456 g/mol. The summed E-state index contributed by atoms with van der Waals surface area (Å²) < 4.78 is 5.17. The third-order valence-electron chi connectivity index (χ3n) is 5.47. The van der Waals surface area contributed by atoms with E-state index in [1.54, 1.807) is 36.4 Å². The molecule has 180 valence electrons. The van der Waals surface area contributed by atoms with Crippen LogP contribution in [0.25, 0.3) is 0 Å². The molecule has 1 aliphatic heterocycles. The Balaban J connectivity index is 1.60. The summed E-state index contributed by atoms with van der Waals surface area (Å²) in [5.74, 6) is -0.951. The number of piperidine rings is 1. The van der Waals surface area contributed by atoms with E-state index in [0.717, 1.165) is 45.2 Å². The summed E-state index contributed by atoms with van der Waals surface area (Å²) in [5, 5.41) is 17.1. The molecule has 2 N–H and O–H groups in total. The van der Waals surface area contributed by atoms with Crippen LogP contribution in [0, 0.1) is 10.1 Å². The number of hydrogen-bond donors (Lipinski definition) is 2. The highest BCUT2D eigenvalue weighted by Gasteiger charge is 2.23. The quantitative estimate of drug-likeness (QED) is 0.183. The zero-order valence-corrected chi connectivity index (χ0v) is 19.9. The fourth-order valence-electron chi connectivity index (χ4n) is 3.63. The Morgan fingerprint density at radius 1 is 1.09 bits per heavy atom. The van der Waals surface area contributed by atoms with Crippen molar-refractivity contribution in [2.24, 2.45) is 0 Å². The van der Waals surface area contributed by atoms with Crippen LogP contribution in [0.1, 0.15) is 59.7 Å². The molecule has 0 aliphatic carbocycles. The number of nitrogens with zero attached hydrogens (tertiary/aromatic N) is 2. The van der Waals surface area contributed by atoms with Crippen LogP contribution in [-0.2, 0) is 4.74 Å². The van der Waals surface area contributed by atoms with Crippen molar-refractivity contribution < 1.29 is 19.2 Å². The van der Waals surface area contributed by atoms with Gasteiger partial charge in [-0.1, -0.05) is 13.3 Å². The second-order valence-electron chi connectivity index (χ2n) is 7.98. The van der Waals surface area contributed by atoms with Gasteiger partial charge in [-0.15, -0.1) is 0 Å². The van der Waals surface area contributed by atoms with Crippen LogP contribution < -0.4 is 15.5 Å². The molecule has 0 saturated carbocycles. The smallest absolute Gasteiger partial charge is 0.338 e. The highest BCUT2D eigenvalue weighted by Crippen LogP contribution is 2.31. The number of thiocarbonyl (C=S) groups is 1. The summed E-state index contributed by atoms with van der Waals surface area (Å²) in [6.45, 7) is 3.91. The summed E-state index contributed by atoms with van der Waals surface area (Å²) in [7, 11) is 0. The number of rotatable bonds is 8. The second kappa shape index (κ2) is 12.1. The standard InChI is InChI=1S/C24H28N4O5S/c1-2-3-15-33-23(30)17-7-10-19(11-8-17)25-24(34)26-22(29)18-9-12-20(21(16-18)28(31)32)27-13-5-4-6-14-27/h7-12,16H,2-6,13-15H2,1H3,(H2,25,26,29,34).